The third-order valence-electron chi connectivity index (χ3n) is 5.13. The third kappa shape index (κ3) is 4.46. The number of hydrogen-bond donors (Lipinski definition) is 2. The first-order chi connectivity index (χ1) is 13.4. The molecule has 2 aromatic carbocycles. The van der Waals surface area contributed by atoms with Crippen molar-refractivity contribution in [3.05, 3.63) is 92.8 Å². The Kier molecular flexibility index (Phi) is 6.22. The minimum atomic E-state index is -0.886. The molecule has 146 valence electrons. The maximum Gasteiger partial charge on any atom is 0.337 e. The molecule has 0 aliphatic rings. The molecule has 0 aliphatic heterocycles. The number of halogens is 1. The summed E-state index contributed by atoms with van der Waals surface area (Å²) in [5.41, 5.74) is 6.46. The van der Waals surface area contributed by atoms with E-state index in [2.05, 4.69) is 41.1 Å². The number of carboxylic acids is 1. The first-order valence-electron chi connectivity index (χ1n) is 9.29. The van der Waals surface area contributed by atoms with Gasteiger partial charge in [0.2, 0.25) is 0 Å². The van der Waals surface area contributed by atoms with Crippen LogP contribution in [0.3, 0.4) is 0 Å². The summed E-state index contributed by atoms with van der Waals surface area (Å²) in [6, 6.07) is 16.0. The van der Waals surface area contributed by atoms with Crippen LogP contribution in [0, 0.1) is 20.8 Å². The zero-order valence-corrected chi connectivity index (χ0v) is 17.2. The molecule has 2 N–H and O–H groups in total. The van der Waals surface area contributed by atoms with Crippen molar-refractivity contribution < 1.29 is 9.90 Å². The zero-order chi connectivity index (χ0) is 20.3. The van der Waals surface area contributed by atoms with Crippen LogP contribution in [0.15, 0.2) is 48.5 Å². The van der Waals surface area contributed by atoms with Gasteiger partial charge in [0.15, 0.2) is 0 Å². The van der Waals surface area contributed by atoms with E-state index >= 15 is 0 Å². The highest BCUT2D eigenvalue weighted by Crippen LogP contribution is 2.24. The summed E-state index contributed by atoms with van der Waals surface area (Å²) in [6.45, 7) is 7.74. The summed E-state index contributed by atoms with van der Waals surface area (Å²) in [5, 5.41) is 13.9. The number of nitrogens with zero attached hydrogens (tertiary/aromatic N) is 1. The minimum absolute atomic E-state index is 0.392. The Hall–Kier alpha value is -2.56. The molecule has 0 saturated carbocycles. The van der Waals surface area contributed by atoms with Crippen molar-refractivity contribution in [1.29, 1.82) is 0 Å². The van der Waals surface area contributed by atoms with E-state index in [-0.39, 0.29) is 0 Å². The van der Waals surface area contributed by atoms with Crippen molar-refractivity contribution in [1.82, 2.24) is 9.88 Å². The number of benzene rings is 2. The number of aromatic carboxylic acids is 1. The molecule has 0 atom stereocenters. The van der Waals surface area contributed by atoms with Gasteiger partial charge in [-0.05, 0) is 44.0 Å². The maximum atomic E-state index is 11.9. The lowest BCUT2D eigenvalue weighted by atomic mass is 10.1. The Balaban J connectivity index is 1.82. The molecule has 3 aromatic rings. The summed E-state index contributed by atoms with van der Waals surface area (Å²) in [5.74, 6) is -0.886. The highest BCUT2D eigenvalue weighted by Gasteiger charge is 2.22. The number of rotatable bonds is 7. The lowest BCUT2D eigenvalue weighted by Gasteiger charge is -2.10. The number of nitrogens with one attached hydrogen (secondary N) is 1. The quantitative estimate of drug-likeness (QED) is 0.584. The monoisotopic (exact) mass is 396 g/mol. The van der Waals surface area contributed by atoms with Gasteiger partial charge < -0.3 is 15.0 Å². The number of carbonyl (C=O) groups is 1. The smallest absolute Gasteiger partial charge is 0.337 e. The van der Waals surface area contributed by atoms with Crippen molar-refractivity contribution in [3.8, 4) is 0 Å². The van der Waals surface area contributed by atoms with Gasteiger partial charge in [-0.2, -0.15) is 0 Å². The van der Waals surface area contributed by atoms with Crippen LogP contribution in [-0.2, 0) is 19.6 Å². The van der Waals surface area contributed by atoms with Crippen LogP contribution in [0.4, 0.5) is 0 Å². The fourth-order valence-corrected chi connectivity index (χ4v) is 3.62. The van der Waals surface area contributed by atoms with E-state index < -0.39 is 5.97 Å². The fourth-order valence-electron chi connectivity index (χ4n) is 3.50. The highest BCUT2D eigenvalue weighted by atomic mass is 35.5. The van der Waals surface area contributed by atoms with Gasteiger partial charge in [-0.3, -0.25) is 0 Å². The SMILES string of the molecule is Cc1ccc(CNCc2c(C(=O)O)c(C)n(Cc3ccc(Cl)cc3)c2C)cc1. The second kappa shape index (κ2) is 8.63. The van der Waals surface area contributed by atoms with Gasteiger partial charge in [0.05, 0.1) is 5.56 Å². The molecule has 1 heterocycles. The van der Waals surface area contributed by atoms with E-state index in [1.807, 2.05) is 38.1 Å². The van der Waals surface area contributed by atoms with Gasteiger partial charge in [-0.15, -0.1) is 0 Å². The normalized spacial score (nSPS) is 11.0. The number of aryl methyl sites for hydroxylation is 1. The van der Waals surface area contributed by atoms with Crippen LogP contribution in [0.1, 0.15) is 44.0 Å². The summed E-state index contributed by atoms with van der Waals surface area (Å²) < 4.78 is 2.07. The van der Waals surface area contributed by atoms with E-state index in [0.717, 1.165) is 22.5 Å². The molecule has 0 saturated heterocycles. The first kappa shape index (κ1) is 20.2. The second-order valence-electron chi connectivity index (χ2n) is 7.13. The average Bonchev–Trinajstić information content (AvgIpc) is 2.89. The van der Waals surface area contributed by atoms with E-state index in [4.69, 9.17) is 11.6 Å². The first-order valence-corrected chi connectivity index (χ1v) is 9.67. The minimum Gasteiger partial charge on any atom is -0.478 e. The highest BCUT2D eigenvalue weighted by molar-refractivity contribution is 6.30. The fraction of sp³-hybridized carbons (Fsp3) is 0.261. The predicted molar refractivity (Wildman–Crippen MR) is 113 cm³/mol. The molecule has 1 aromatic heterocycles. The topological polar surface area (TPSA) is 54.3 Å². The molecule has 28 heavy (non-hydrogen) atoms. The molecular weight excluding hydrogens is 372 g/mol. The number of carboxylic acid groups (broad SMARTS) is 1. The molecule has 4 nitrogen and oxygen atoms in total. The molecule has 0 aliphatic carbocycles. The van der Waals surface area contributed by atoms with Gasteiger partial charge in [-0.1, -0.05) is 53.6 Å². The lowest BCUT2D eigenvalue weighted by molar-refractivity contribution is 0.0694. The van der Waals surface area contributed by atoms with Crippen LogP contribution in [0.25, 0.3) is 0 Å². The third-order valence-corrected chi connectivity index (χ3v) is 5.38. The van der Waals surface area contributed by atoms with Crippen LogP contribution in [0.5, 0.6) is 0 Å². The summed E-state index contributed by atoms with van der Waals surface area (Å²) in [4.78, 5) is 11.9. The molecule has 3 rings (SSSR count). The van der Waals surface area contributed by atoms with E-state index in [1.165, 1.54) is 11.1 Å². The Labute approximate surface area is 170 Å². The molecule has 0 fully saturated rings. The zero-order valence-electron chi connectivity index (χ0n) is 16.4. The van der Waals surface area contributed by atoms with E-state index in [9.17, 15) is 9.90 Å². The van der Waals surface area contributed by atoms with Gasteiger partial charge >= 0.3 is 5.97 Å². The Bertz CT molecular complexity index is 973. The largest absolute Gasteiger partial charge is 0.478 e. The van der Waals surface area contributed by atoms with Crippen molar-refractivity contribution in [3.63, 3.8) is 0 Å². The molecule has 0 bridgehead atoms. The predicted octanol–water partition coefficient (Wildman–Crippen LogP) is 5.10. The van der Waals surface area contributed by atoms with Crippen molar-refractivity contribution in [2.45, 2.75) is 40.4 Å². The Morgan fingerprint density at radius 1 is 0.929 bits per heavy atom. The molecular formula is C23H25ClN2O2. The van der Waals surface area contributed by atoms with Gasteiger partial charge in [0.25, 0.3) is 0 Å². The van der Waals surface area contributed by atoms with Crippen molar-refractivity contribution in [2.24, 2.45) is 0 Å². The average molecular weight is 397 g/mol. The van der Waals surface area contributed by atoms with Crippen LogP contribution >= 0.6 is 11.6 Å². The number of aromatic nitrogens is 1. The van der Waals surface area contributed by atoms with Gasteiger partial charge in [-0.25, -0.2) is 4.79 Å². The molecule has 0 amide bonds. The Morgan fingerprint density at radius 3 is 2.14 bits per heavy atom. The van der Waals surface area contributed by atoms with Crippen LogP contribution in [-0.4, -0.2) is 15.6 Å². The summed E-state index contributed by atoms with van der Waals surface area (Å²) in [6.07, 6.45) is 0. The molecule has 0 radical (unpaired) electrons. The van der Waals surface area contributed by atoms with Crippen LogP contribution < -0.4 is 5.32 Å². The number of hydrogen-bond acceptors (Lipinski definition) is 2. The standard InChI is InChI=1S/C23H25ClN2O2/c1-15-4-6-18(7-5-15)12-25-13-21-16(2)26(17(3)22(21)23(27)28)14-19-8-10-20(24)11-9-19/h4-11,25H,12-14H2,1-3H3,(H,27,28). The van der Waals surface area contributed by atoms with Crippen molar-refractivity contribution >= 4 is 17.6 Å². The van der Waals surface area contributed by atoms with E-state index in [1.54, 1.807) is 0 Å². The maximum absolute atomic E-state index is 11.9. The summed E-state index contributed by atoms with van der Waals surface area (Å²) >= 11 is 5.97. The molecule has 0 spiro atoms. The van der Waals surface area contributed by atoms with Crippen molar-refractivity contribution in [2.75, 3.05) is 0 Å². The van der Waals surface area contributed by atoms with E-state index in [0.29, 0.717) is 30.2 Å². The second-order valence-corrected chi connectivity index (χ2v) is 7.57. The Morgan fingerprint density at radius 2 is 1.54 bits per heavy atom. The molecule has 0 unspecified atom stereocenters. The summed E-state index contributed by atoms with van der Waals surface area (Å²) in [7, 11) is 0. The lowest BCUT2D eigenvalue weighted by Crippen LogP contribution is -2.15. The molecule has 5 heteroatoms. The van der Waals surface area contributed by atoms with Gasteiger partial charge in [0, 0.05) is 41.6 Å². The van der Waals surface area contributed by atoms with Crippen LogP contribution in [0.2, 0.25) is 5.02 Å². The van der Waals surface area contributed by atoms with Gasteiger partial charge in [0.1, 0.15) is 0 Å².